The maximum absolute atomic E-state index is 12.3. The molecule has 2 N–H and O–H groups in total. The van der Waals surface area contributed by atoms with Crippen molar-refractivity contribution in [3.63, 3.8) is 0 Å². The fraction of sp³-hybridized carbons (Fsp3) is 0.417. The average Bonchev–Trinajstić information content (AvgIpc) is 2.67. The lowest BCUT2D eigenvalue weighted by molar-refractivity contribution is -0.137. The Hall–Kier alpha value is -2.35. The summed E-state index contributed by atoms with van der Waals surface area (Å²) in [5.41, 5.74) is 0.123. The van der Waals surface area contributed by atoms with Crippen LogP contribution >= 0.6 is 0 Å². The molecule has 0 aliphatic rings. The van der Waals surface area contributed by atoms with Gasteiger partial charge in [0.15, 0.2) is 0 Å². The van der Waals surface area contributed by atoms with Crippen LogP contribution in [0.2, 0.25) is 0 Å². The summed E-state index contributed by atoms with van der Waals surface area (Å²) >= 11 is 0. The van der Waals surface area contributed by atoms with Crippen molar-refractivity contribution in [3.05, 3.63) is 32.6 Å². The molecule has 108 valence electrons. The van der Waals surface area contributed by atoms with Crippen LogP contribution in [-0.2, 0) is 22.6 Å². The third kappa shape index (κ3) is 2.37. The molecule has 0 aliphatic heterocycles. The van der Waals surface area contributed by atoms with E-state index in [2.05, 4.69) is 4.98 Å². The highest BCUT2D eigenvalue weighted by Crippen LogP contribution is 2.12. The first kappa shape index (κ1) is 14.1. The lowest BCUT2D eigenvalue weighted by Gasteiger charge is -2.07. The Morgan fingerprint density at radius 3 is 2.70 bits per heavy atom. The minimum atomic E-state index is -1.25. The molecule has 0 bridgehead atoms. The molecule has 20 heavy (non-hydrogen) atoms. The summed E-state index contributed by atoms with van der Waals surface area (Å²) in [5, 5.41) is 8.76. The molecule has 0 radical (unpaired) electrons. The number of rotatable bonds is 5. The number of aliphatic carboxylic acids is 1. The van der Waals surface area contributed by atoms with E-state index in [0.29, 0.717) is 23.2 Å². The SMILES string of the molecule is COCCn1c(C)cc2[nH]c(=O)n(CC(=O)O)c(=O)c21. The molecule has 8 heteroatoms. The second kappa shape index (κ2) is 5.33. The summed E-state index contributed by atoms with van der Waals surface area (Å²) in [5.74, 6) is -1.25. The number of hydrogen-bond acceptors (Lipinski definition) is 4. The zero-order valence-corrected chi connectivity index (χ0v) is 11.2. The van der Waals surface area contributed by atoms with E-state index in [9.17, 15) is 14.4 Å². The third-order valence-corrected chi connectivity index (χ3v) is 3.05. The summed E-state index contributed by atoms with van der Waals surface area (Å²) in [6, 6.07) is 1.68. The van der Waals surface area contributed by atoms with Crippen LogP contribution in [0.15, 0.2) is 15.7 Å². The number of nitrogens with one attached hydrogen (secondary N) is 1. The minimum Gasteiger partial charge on any atom is -0.480 e. The Kier molecular flexibility index (Phi) is 3.75. The van der Waals surface area contributed by atoms with Crippen LogP contribution in [0.1, 0.15) is 5.69 Å². The molecule has 8 nitrogen and oxygen atoms in total. The summed E-state index contributed by atoms with van der Waals surface area (Å²) in [6.45, 7) is 1.98. The monoisotopic (exact) mass is 281 g/mol. The predicted molar refractivity (Wildman–Crippen MR) is 71.1 cm³/mol. The molecule has 0 unspecified atom stereocenters. The normalized spacial score (nSPS) is 11.1. The van der Waals surface area contributed by atoms with Gasteiger partial charge in [-0.1, -0.05) is 0 Å². The van der Waals surface area contributed by atoms with Crippen LogP contribution in [0, 0.1) is 6.92 Å². The van der Waals surface area contributed by atoms with Crippen LogP contribution in [0.4, 0.5) is 0 Å². The fourth-order valence-electron chi connectivity index (χ4n) is 2.16. The summed E-state index contributed by atoms with van der Waals surface area (Å²) in [6.07, 6.45) is 0. The first-order valence-corrected chi connectivity index (χ1v) is 5.99. The Morgan fingerprint density at radius 1 is 1.40 bits per heavy atom. The molecule has 0 saturated heterocycles. The predicted octanol–water partition coefficient (Wildman–Crippen LogP) is -0.469. The molecule has 2 rings (SSSR count). The van der Waals surface area contributed by atoms with Gasteiger partial charge < -0.3 is 19.4 Å². The van der Waals surface area contributed by atoms with Crippen LogP contribution in [0.3, 0.4) is 0 Å². The third-order valence-electron chi connectivity index (χ3n) is 3.05. The lowest BCUT2D eigenvalue weighted by Crippen LogP contribution is -2.37. The van der Waals surface area contributed by atoms with Crippen LogP contribution in [0.5, 0.6) is 0 Å². The van der Waals surface area contributed by atoms with Crippen molar-refractivity contribution in [1.29, 1.82) is 0 Å². The second-order valence-electron chi connectivity index (χ2n) is 4.41. The number of carbonyl (C=O) groups is 1. The van der Waals surface area contributed by atoms with Gasteiger partial charge in [-0.05, 0) is 13.0 Å². The molecular formula is C12H15N3O5. The number of fused-ring (bicyclic) bond motifs is 1. The number of carboxylic acids is 1. The average molecular weight is 281 g/mol. The van der Waals surface area contributed by atoms with Gasteiger partial charge in [0.2, 0.25) is 0 Å². The first-order valence-electron chi connectivity index (χ1n) is 5.99. The zero-order valence-electron chi connectivity index (χ0n) is 11.2. The van der Waals surface area contributed by atoms with Crippen molar-refractivity contribution >= 4 is 17.0 Å². The highest BCUT2D eigenvalue weighted by molar-refractivity contribution is 5.76. The summed E-state index contributed by atoms with van der Waals surface area (Å²) in [7, 11) is 1.55. The summed E-state index contributed by atoms with van der Waals surface area (Å²) in [4.78, 5) is 37.3. The molecule has 0 saturated carbocycles. The maximum Gasteiger partial charge on any atom is 0.329 e. The van der Waals surface area contributed by atoms with Crippen molar-refractivity contribution < 1.29 is 14.6 Å². The topological polar surface area (TPSA) is 106 Å². The van der Waals surface area contributed by atoms with E-state index in [1.807, 2.05) is 0 Å². The van der Waals surface area contributed by atoms with E-state index in [0.717, 1.165) is 5.69 Å². The second-order valence-corrected chi connectivity index (χ2v) is 4.41. The molecule has 0 atom stereocenters. The van der Waals surface area contributed by atoms with Gasteiger partial charge in [0, 0.05) is 19.3 Å². The van der Waals surface area contributed by atoms with Crippen molar-refractivity contribution in [1.82, 2.24) is 14.1 Å². The van der Waals surface area contributed by atoms with Crippen LogP contribution in [0.25, 0.3) is 11.0 Å². The number of aryl methyl sites for hydroxylation is 1. The van der Waals surface area contributed by atoms with Crippen LogP contribution in [-0.4, -0.2) is 38.9 Å². The maximum atomic E-state index is 12.3. The number of aromatic amines is 1. The van der Waals surface area contributed by atoms with Gasteiger partial charge in [0.25, 0.3) is 5.56 Å². The lowest BCUT2D eigenvalue weighted by atomic mass is 10.4. The smallest absolute Gasteiger partial charge is 0.329 e. The van der Waals surface area contributed by atoms with Crippen molar-refractivity contribution in [3.8, 4) is 0 Å². The molecule has 0 spiro atoms. The van der Waals surface area contributed by atoms with Gasteiger partial charge in [-0.2, -0.15) is 0 Å². The zero-order chi connectivity index (χ0) is 14.9. The van der Waals surface area contributed by atoms with E-state index in [1.165, 1.54) is 0 Å². The van der Waals surface area contributed by atoms with Gasteiger partial charge in [0.05, 0.1) is 12.1 Å². The molecule has 0 aliphatic carbocycles. The Balaban J connectivity index is 2.71. The van der Waals surface area contributed by atoms with E-state index < -0.39 is 23.8 Å². The van der Waals surface area contributed by atoms with E-state index in [1.54, 1.807) is 24.7 Å². The highest BCUT2D eigenvalue weighted by atomic mass is 16.5. The Labute approximate surface area is 113 Å². The summed E-state index contributed by atoms with van der Waals surface area (Å²) < 4.78 is 7.36. The van der Waals surface area contributed by atoms with Gasteiger partial charge in [0.1, 0.15) is 12.1 Å². The number of ether oxygens (including phenoxy) is 1. The van der Waals surface area contributed by atoms with Gasteiger partial charge in [-0.15, -0.1) is 0 Å². The standard InChI is InChI=1S/C12H15N3O5/c1-7-5-8-10(14(7)3-4-20-2)11(18)15(6-9(16)17)12(19)13-8/h5H,3-4,6H2,1-2H3,(H,13,19)(H,16,17). The molecule has 2 heterocycles. The number of hydrogen-bond donors (Lipinski definition) is 2. The molecule has 0 aromatic carbocycles. The Bertz CT molecular complexity index is 768. The molecule has 2 aromatic heterocycles. The van der Waals surface area contributed by atoms with E-state index in [4.69, 9.17) is 9.84 Å². The number of H-pyrrole nitrogens is 1. The number of aromatic nitrogens is 3. The Morgan fingerprint density at radius 2 is 2.10 bits per heavy atom. The van der Waals surface area contributed by atoms with Crippen molar-refractivity contribution in [2.45, 2.75) is 20.0 Å². The van der Waals surface area contributed by atoms with E-state index >= 15 is 0 Å². The number of methoxy groups -OCH3 is 1. The molecule has 0 amide bonds. The molecule has 2 aromatic rings. The van der Waals surface area contributed by atoms with Gasteiger partial charge in [-0.3, -0.25) is 9.59 Å². The van der Waals surface area contributed by atoms with Crippen molar-refractivity contribution in [2.24, 2.45) is 0 Å². The fourth-order valence-corrected chi connectivity index (χ4v) is 2.16. The molecular weight excluding hydrogens is 266 g/mol. The van der Waals surface area contributed by atoms with E-state index in [-0.39, 0.29) is 5.52 Å². The van der Waals surface area contributed by atoms with Crippen LogP contribution < -0.4 is 11.2 Å². The highest BCUT2D eigenvalue weighted by Gasteiger charge is 2.15. The minimum absolute atomic E-state index is 0.278. The first-order chi connectivity index (χ1) is 9.45. The van der Waals surface area contributed by atoms with Gasteiger partial charge >= 0.3 is 11.7 Å². The number of carboxylic acid groups (broad SMARTS) is 1. The van der Waals surface area contributed by atoms with Crippen molar-refractivity contribution in [2.75, 3.05) is 13.7 Å². The quantitative estimate of drug-likeness (QED) is 0.770. The largest absolute Gasteiger partial charge is 0.480 e. The van der Waals surface area contributed by atoms with Gasteiger partial charge in [-0.25, -0.2) is 9.36 Å². The number of nitrogens with zero attached hydrogens (tertiary/aromatic N) is 2. The molecule has 0 fully saturated rings.